The molecule has 1 aromatic carbocycles. The molecule has 0 aliphatic carbocycles. The van der Waals surface area contributed by atoms with Crippen LogP contribution in [0.1, 0.15) is 0 Å². The normalized spacial score (nSPS) is 11.1. The highest BCUT2D eigenvalue weighted by atomic mass is 79.9. The molecule has 5 nitrogen and oxygen atoms in total. The molecule has 0 unspecified atom stereocenters. The molecule has 8 heteroatoms. The first-order chi connectivity index (χ1) is 6.83. The molecule has 0 aliphatic heterocycles. The van der Waals surface area contributed by atoms with Gasteiger partial charge in [-0.1, -0.05) is 0 Å². The molecule has 0 heterocycles. The van der Waals surface area contributed by atoms with Crippen molar-refractivity contribution < 1.29 is 22.7 Å². The summed E-state index contributed by atoms with van der Waals surface area (Å²) in [7, 11) is -4.14. The summed E-state index contributed by atoms with van der Waals surface area (Å²) in [5.74, 6) is -0.635. The lowest BCUT2D eigenvalue weighted by atomic mass is 10.3. The van der Waals surface area contributed by atoms with Gasteiger partial charge in [0, 0.05) is 0 Å². The molecule has 0 saturated carbocycles. The van der Waals surface area contributed by atoms with E-state index in [1.807, 2.05) is 0 Å². The van der Waals surface area contributed by atoms with Crippen molar-refractivity contribution in [3.63, 3.8) is 0 Å². The Hall–Kier alpha value is -1.15. The van der Waals surface area contributed by atoms with E-state index in [0.29, 0.717) is 0 Å². The highest BCUT2D eigenvalue weighted by Gasteiger charge is 2.17. The maximum atomic E-state index is 12.8. The molecular formula is C7H5BrFNO4S. The zero-order valence-electron chi connectivity index (χ0n) is 7.07. The van der Waals surface area contributed by atoms with Gasteiger partial charge in [-0.2, -0.15) is 0 Å². The molecule has 0 saturated heterocycles. The van der Waals surface area contributed by atoms with Gasteiger partial charge in [-0.3, -0.25) is 0 Å². The number of halogens is 2. The molecule has 0 radical (unpaired) electrons. The fourth-order valence-corrected chi connectivity index (χ4v) is 2.22. The summed E-state index contributed by atoms with van der Waals surface area (Å²) < 4.78 is 36.6. The van der Waals surface area contributed by atoms with E-state index in [-0.39, 0.29) is 9.37 Å². The predicted octanol–water partition coefficient (Wildman–Crippen LogP) is 1.54. The molecule has 1 amide bonds. The van der Waals surface area contributed by atoms with E-state index >= 15 is 0 Å². The molecule has 1 aromatic rings. The summed E-state index contributed by atoms with van der Waals surface area (Å²) in [6, 6.07) is 2.85. The average Bonchev–Trinajstić information content (AvgIpc) is 2.07. The van der Waals surface area contributed by atoms with Gasteiger partial charge in [0.1, 0.15) is 5.82 Å². The van der Waals surface area contributed by atoms with Crippen molar-refractivity contribution in [2.75, 3.05) is 0 Å². The molecule has 2 N–H and O–H groups in total. The Balaban J connectivity index is 3.17. The van der Waals surface area contributed by atoms with Crippen LogP contribution in [0.2, 0.25) is 0 Å². The number of rotatable bonds is 2. The second-order valence-corrected chi connectivity index (χ2v) is 5.02. The third-order valence-electron chi connectivity index (χ3n) is 1.42. The second-order valence-electron chi connectivity index (χ2n) is 2.49. The monoisotopic (exact) mass is 297 g/mol. The van der Waals surface area contributed by atoms with Crippen LogP contribution in [0.25, 0.3) is 0 Å². The summed E-state index contributed by atoms with van der Waals surface area (Å²) in [5, 5.41) is 8.26. The van der Waals surface area contributed by atoms with Gasteiger partial charge in [-0.05, 0) is 34.1 Å². The van der Waals surface area contributed by atoms with Gasteiger partial charge in [0.15, 0.2) is 0 Å². The van der Waals surface area contributed by atoms with Crippen molar-refractivity contribution in [3.05, 3.63) is 28.5 Å². The standard InChI is InChI=1S/C7H5BrFNO4S/c8-5-3-4(1-2-6(5)9)15(13,14)10-7(11)12/h1-3,10H,(H,11,12). The third-order valence-corrected chi connectivity index (χ3v) is 3.35. The van der Waals surface area contributed by atoms with Crippen molar-refractivity contribution in [1.82, 2.24) is 4.72 Å². The Labute approximate surface area is 93.1 Å². The molecule has 0 aliphatic rings. The molecule has 82 valence electrons. The largest absolute Gasteiger partial charge is 0.464 e. The van der Waals surface area contributed by atoms with E-state index in [9.17, 15) is 17.6 Å². The van der Waals surface area contributed by atoms with Crippen molar-refractivity contribution in [1.29, 1.82) is 0 Å². The molecule has 15 heavy (non-hydrogen) atoms. The SMILES string of the molecule is O=C(O)NS(=O)(=O)c1ccc(F)c(Br)c1. The van der Waals surface area contributed by atoms with Crippen LogP contribution in [-0.2, 0) is 10.0 Å². The van der Waals surface area contributed by atoms with Gasteiger partial charge >= 0.3 is 6.09 Å². The van der Waals surface area contributed by atoms with Crippen molar-refractivity contribution in [2.24, 2.45) is 0 Å². The van der Waals surface area contributed by atoms with Crippen LogP contribution in [0, 0.1) is 5.82 Å². The van der Waals surface area contributed by atoms with Crippen LogP contribution in [-0.4, -0.2) is 19.6 Å². The fourth-order valence-electron chi connectivity index (χ4n) is 0.818. The van der Waals surface area contributed by atoms with Crippen molar-refractivity contribution >= 4 is 32.0 Å². The first kappa shape index (κ1) is 11.9. The summed E-state index contributed by atoms with van der Waals surface area (Å²) in [6.45, 7) is 0. The Morgan fingerprint density at radius 2 is 2.07 bits per heavy atom. The summed E-state index contributed by atoms with van der Waals surface area (Å²) >= 11 is 2.79. The second kappa shape index (κ2) is 4.15. The predicted molar refractivity (Wildman–Crippen MR) is 52.4 cm³/mol. The Morgan fingerprint density at radius 1 is 1.47 bits per heavy atom. The molecule has 0 fully saturated rings. The van der Waals surface area contributed by atoms with E-state index in [4.69, 9.17) is 5.11 Å². The fraction of sp³-hybridized carbons (Fsp3) is 0. The minimum atomic E-state index is -4.14. The summed E-state index contributed by atoms with van der Waals surface area (Å²) in [5.41, 5.74) is 0. The molecule has 0 atom stereocenters. The molecule has 0 bridgehead atoms. The topological polar surface area (TPSA) is 83.5 Å². The zero-order chi connectivity index (χ0) is 11.6. The third kappa shape index (κ3) is 2.90. The lowest BCUT2D eigenvalue weighted by Gasteiger charge is -2.04. The van der Waals surface area contributed by atoms with Gasteiger partial charge in [0.05, 0.1) is 9.37 Å². The van der Waals surface area contributed by atoms with Crippen LogP contribution in [0.4, 0.5) is 9.18 Å². The zero-order valence-corrected chi connectivity index (χ0v) is 9.47. The van der Waals surface area contributed by atoms with Crippen LogP contribution < -0.4 is 4.72 Å². The first-order valence-electron chi connectivity index (χ1n) is 3.54. The number of hydrogen-bond donors (Lipinski definition) is 2. The Morgan fingerprint density at radius 3 is 2.53 bits per heavy atom. The summed E-state index contributed by atoms with van der Waals surface area (Å²) in [6.07, 6.45) is -1.70. The van der Waals surface area contributed by atoms with E-state index in [1.54, 1.807) is 0 Å². The molecule has 0 spiro atoms. The van der Waals surface area contributed by atoms with Gasteiger partial charge in [-0.25, -0.2) is 22.3 Å². The highest BCUT2D eigenvalue weighted by Crippen LogP contribution is 2.19. The molecule has 1 rings (SSSR count). The number of nitrogens with one attached hydrogen (secondary N) is 1. The number of benzene rings is 1. The van der Waals surface area contributed by atoms with Crippen LogP contribution >= 0.6 is 15.9 Å². The van der Waals surface area contributed by atoms with E-state index in [2.05, 4.69) is 15.9 Å². The van der Waals surface area contributed by atoms with E-state index < -0.39 is 21.9 Å². The van der Waals surface area contributed by atoms with Crippen LogP contribution in [0.3, 0.4) is 0 Å². The maximum absolute atomic E-state index is 12.8. The Bertz CT molecular complexity index is 502. The van der Waals surface area contributed by atoms with E-state index in [0.717, 1.165) is 18.2 Å². The first-order valence-corrected chi connectivity index (χ1v) is 5.81. The highest BCUT2D eigenvalue weighted by molar-refractivity contribution is 9.10. The summed E-state index contributed by atoms with van der Waals surface area (Å²) in [4.78, 5) is 9.83. The van der Waals surface area contributed by atoms with Crippen LogP contribution in [0.15, 0.2) is 27.6 Å². The van der Waals surface area contributed by atoms with Gasteiger partial charge < -0.3 is 5.11 Å². The van der Waals surface area contributed by atoms with Crippen molar-refractivity contribution in [3.8, 4) is 0 Å². The van der Waals surface area contributed by atoms with Crippen molar-refractivity contribution in [2.45, 2.75) is 4.90 Å². The lowest BCUT2D eigenvalue weighted by molar-refractivity contribution is 0.201. The van der Waals surface area contributed by atoms with Gasteiger partial charge in [-0.15, -0.1) is 0 Å². The maximum Gasteiger partial charge on any atom is 0.418 e. The van der Waals surface area contributed by atoms with Gasteiger partial charge in [0.2, 0.25) is 0 Å². The van der Waals surface area contributed by atoms with Gasteiger partial charge in [0.25, 0.3) is 10.0 Å². The minimum Gasteiger partial charge on any atom is -0.464 e. The van der Waals surface area contributed by atoms with Crippen LogP contribution in [0.5, 0.6) is 0 Å². The number of hydrogen-bond acceptors (Lipinski definition) is 3. The van der Waals surface area contributed by atoms with E-state index in [1.165, 1.54) is 4.72 Å². The minimum absolute atomic E-state index is 0.0595. The molecular weight excluding hydrogens is 293 g/mol. The smallest absolute Gasteiger partial charge is 0.418 e. The number of amides is 1. The number of carboxylic acid groups (broad SMARTS) is 1. The Kier molecular flexibility index (Phi) is 3.30. The number of carbonyl (C=O) groups is 1. The average molecular weight is 298 g/mol. The number of sulfonamides is 1. The molecule has 0 aromatic heterocycles. The lowest BCUT2D eigenvalue weighted by Crippen LogP contribution is -2.28. The quantitative estimate of drug-likeness (QED) is 0.867.